The number of H-pyrrole nitrogens is 1. The summed E-state index contributed by atoms with van der Waals surface area (Å²) in [7, 11) is 0. The molecule has 184 valence electrons. The number of alkyl halides is 3. The highest BCUT2D eigenvalue weighted by Gasteiger charge is 2.40. The van der Waals surface area contributed by atoms with E-state index >= 15 is 0 Å². The zero-order valence-corrected chi connectivity index (χ0v) is 18.5. The second-order valence-electron chi connectivity index (χ2n) is 8.21. The summed E-state index contributed by atoms with van der Waals surface area (Å²) in [5, 5.41) is 14.8. The Morgan fingerprint density at radius 2 is 1.86 bits per heavy atom. The molecule has 2 unspecified atom stereocenters. The first-order valence-electron chi connectivity index (χ1n) is 10.9. The fraction of sp³-hybridized carbons (Fsp3) is 0.250. The minimum atomic E-state index is -4.55. The van der Waals surface area contributed by atoms with Crippen LogP contribution in [-0.4, -0.2) is 29.1 Å². The molecule has 2 aliphatic heterocycles. The quantitative estimate of drug-likeness (QED) is 0.500. The number of halogens is 3. The maximum atomic E-state index is 13.2. The molecule has 3 aromatic rings. The van der Waals surface area contributed by atoms with Crippen LogP contribution < -0.4 is 25.7 Å². The van der Waals surface area contributed by atoms with Crippen LogP contribution in [-0.2, 0) is 11.0 Å². The summed E-state index contributed by atoms with van der Waals surface area (Å²) in [5.41, 5.74) is -0.985. The monoisotopic (exact) mass is 497 g/mol. The lowest BCUT2D eigenvalue weighted by atomic mass is 9.79. The topological polar surface area (TPSA) is 129 Å². The highest BCUT2D eigenvalue weighted by Crippen LogP contribution is 2.41. The Morgan fingerprint density at radius 3 is 2.61 bits per heavy atom. The van der Waals surface area contributed by atoms with Gasteiger partial charge in [0.05, 0.1) is 30.4 Å². The molecule has 3 heterocycles. The van der Waals surface area contributed by atoms with Gasteiger partial charge in [-0.05, 0) is 35.9 Å². The standard InChI is InChI=1S/C24H18F3N5O4/c25-24(26,27)13-3-1-4-14(10-13)29-23-31-20-19(22(34)32-23)18(15(11-28)21(33)30-20)12-5-6-16-17(9-12)36-8-2-7-35-16/h1,3-6,9-10,15,18H,2,7-8H2,(H3,29,30,31,32,33,34). The Balaban J connectivity index is 1.55. The summed E-state index contributed by atoms with van der Waals surface area (Å²) >= 11 is 0. The number of carbonyl (C=O) groups excluding carboxylic acids is 1. The van der Waals surface area contributed by atoms with E-state index in [2.05, 4.69) is 20.6 Å². The number of anilines is 3. The van der Waals surface area contributed by atoms with E-state index in [9.17, 15) is 28.0 Å². The van der Waals surface area contributed by atoms with Crippen molar-refractivity contribution in [3.63, 3.8) is 0 Å². The fourth-order valence-electron chi connectivity index (χ4n) is 4.21. The molecule has 0 radical (unpaired) electrons. The number of benzene rings is 2. The number of aromatic amines is 1. The van der Waals surface area contributed by atoms with Gasteiger partial charge in [-0.3, -0.25) is 14.6 Å². The number of nitrogens with zero attached hydrogens (tertiary/aromatic N) is 2. The van der Waals surface area contributed by atoms with Gasteiger partial charge in [0.2, 0.25) is 11.9 Å². The first kappa shape index (κ1) is 23.2. The van der Waals surface area contributed by atoms with Gasteiger partial charge in [-0.15, -0.1) is 0 Å². The average Bonchev–Trinajstić information content (AvgIpc) is 3.08. The van der Waals surface area contributed by atoms with Crippen molar-refractivity contribution >= 4 is 23.4 Å². The van der Waals surface area contributed by atoms with Crippen molar-refractivity contribution in [2.24, 2.45) is 5.92 Å². The van der Waals surface area contributed by atoms with Crippen LogP contribution >= 0.6 is 0 Å². The van der Waals surface area contributed by atoms with E-state index in [0.717, 1.165) is 12.1 Å². The Kier molecular flexibility index (Phi) is 5.75. The Morgan fingerprint density at radius 1 is 1.08 bits per heavy atom. The van der Waals surface area contributed by atoms with Crippen LogP contribution in [0.3, 0.4) is 0 Å². The van der Waals surface area contributed by atoms with Gasteiger partial charge in [-0.25, -0.2) is 0 Å². The lowest BCUT2D eigenvalue weighted by Gasteiger charge is -2.28. The number of nitriles is 1. The Labute approximate surface area is 201 Å². The molecule has 0 fully saturated rings. The molecule has 0 aliphatic carbocycles. The lowest BCUT2D eigenvalue weighted by Crippen LogP contribution is -2.38. The second kappa shape index (κ2) is 8.92. The second-order valence-corrected chi connectivity index (χ2v) is 8.21. The molecule has 3 N–H and O–H groups in total. The molecule has 0 saturated carbocycles. The minimum Gasteiger partial charge on any atom is -0.490 e. The highest BCUT2D eigenvalue weighted by atomic mass is 19.4. The summed E-state index contributed by atoms with van der Waals surface area (Å²) in [6, 6.07) is 11.3. The number of rotatable bonds is 3. The SMILES string of the molecule is N#CC1C(=O)Nc2nc(Nc3cccc(C(F)(F)F)c3)[nH]c(=O)c2C1c1ccc2c(c1)OCCCO2. The summed E-state index contributed by atoms with van der Waals surface area (Å²) in [6.07, 6.45) is -3.87. The van der Waals surface area contributed by atoms with Crippen LogP contribution in [0.5, 0.6) is 11.5 Å². The van der Waals surface area contributed by atoms with Gasteiger partial charge in [0.1, 0.15) is 11.7 Å². The van der Waals surface area contributed by atoms with Crippen LogP contribution in [0.4, 0.5) is 30.6 Å². The highest BCUT2D eigenvalue weighted by molar-refractivity contribution is 5.98. The van der Waals surface area contributed by atoms with Gasteiger partial charge >= 0.3 is 6.18 Å². The molecule has 36 heavy (non-hydrogen) atoms. The van der Waals surface area contributed by atoms with Gasteiger partial charge in [0, 0.05) is 18.0 Å². The number of hydrogen-bond acceptors (Lipinski definition) is 7. The molecule has 9 nitrogen and oxygen atoms in total. The molecule has 2 aromatic carbocycles. The molecule has 0 saturated heterocycles. The van der Waals surface area contributed by atoms with E-state index in [4.69, 9.17) is 9.47 Å². The number of carbonyl (C=O) groups is 1. The number of hydrogen-bond donors (Lipinski definition) is 3. The summed E-state index contributed by atoms with van der Waals surface area (Å²) in [4.78, 5) is 32.6. The maximum absolute atomic E-state index is 13.2. The zero-order valence-electron chi connectivity index (χ0n) is 18.5. The molecule has 0 bridgehead atoms. The number of fused-ring (bicyclic) bond motifs is 2. The summed E-state index contributed by atoms with van der Waals surface area (Å²) in [5.74, 6) is -2.18. The van der Waals surface area contributed by atoms with E-state index in [1.54, 1.807) is 18.2 Å². The molecule has 1 amide bonds. The smallest absolute Gasteiger partial charge is 0.416 e. The average molecular weight is 497 g/mol. The minimum absolute atomic E-state index is 0.0319. The zero-order chi connectivity index (χ0) is 25.4. The number of aromatic nitrogens is 2. The lowest BCUT2D eigenvalue weighted by molar-refractivity contribution is -0.137. The van der Waals surface area contributed by atoms with E-state index in [1.807, 2.05) is 6.07 Å². The molecular formula is C24H18F3N5O4. The third-order valence-electron chi connectivity index (χ3n) is 5.85. The summed E-state index contributed by atoms with van der Waals surface area (Å²) in [6.45, 7) is 0.902. The molecule has 2 atom stereocenters. The molecule has 2 aliphatic rings. The van der Waals surface area contributed by atoms with Crippen LogP contribution in [0, 0.1) is 17.2 Å². The van der Waals surface area contributed by atoms with Crippen molar-refractivity contribution in [2.45, 2.75) is 18.5 Å². The number of nitrogens with one attached hydrogen (secondary N) is 3. The van der Waals surface area contributed by atoms with Crippen molar-refractivity contribution in [1.29, 1.82) is 5.26 Å². The Bertz CT molecular complexity index is 1450. The first-order chi connectivity index (χ1) is 17.2. The third-order valence-corrected chi connectivity index (χ3v) is 5.85. The predicted octanol–water partition coefficient (Wildman–Crippen LogP) is 3.92. The number of amides is 1. The van der Waals surface area contributed by atoms with Gasteiger partial charge in [0.25, 0.3) is 5.56 Å². The number of ether oxygens (including phenoxy) is 2. The molecular weight excluding hydrogens is 479 g/mol. The van der Waals surface area contributed by atoms with Crippen LogP contribution in [0.1, 0.15) is 29.0 Å². The fourth-order valence-corrected chi connectivity index (χ4v) is 4.21. The van der Waals surface area contributed by atoms with Crippen molar-refractivity contribution < 1.29 is 27.4 Å². The Hall–Kier alpha value is -4.53. The van der Waals surface area contributed by atoms with Crippen molar-refractivity contribution in [3.05, 3.63) is 69.5 Å². The third kappa shape index (κ3) is 4.31. The van der Waals surface area contributed by atoms with Gasteiger partial charge < -0.3 is 20.1 Å². The van der Waals surface area contributed by atoms with Gasteiger partial charge in [-0.2, -0.15) is 23.4 Å². The normalized spacial score (nSPS) is 18.9. The van der Waals surface area contributed by atoms with Crippen molar-refractivity contribution in [3.8, 4) is 17.6 Å². The van der Waals surface area contributed by atoms with Gasteiger partial charge in [0.15, 0.2) is 11.5 Å². The molecule has 12 heteroatoms. The molecule has 5 rings (SSSR count). The predicted molar refractivity (Wildman–Crippen MR) is 121 cm³/mol. The maximum Gasteiger partial charge on any atom is 0.416 e. The largest absolute Gasteiger partial charge is 0.490 e. The van der Waals surface area contributed by atoms with E-state index in [0.29, 0.717) is 36.7 Å². The van der Waals surface area contributed by atoms with Crippen LogP contribution in [0.15, 0.2) is 47.3 Å². The van der Waals surface area contributed by atoms with Crippen molar-refractivity contribution in [1.82, 2.24) is 9.97 Å². The van der Waals surface area contributed by atoms with Crippen molar-refractivity contribution in [2.75, 3.05) is 23.8 Å². The van der Waals surface area contributed by atoms with E-state index in [1.165, 1.54) is 12.1 Å². The van der Waals surface area contributed by atoms with Gasteiger partial charge in [-0.1, -0.05) is 12.1 Å². The summed E-state index contributed by atoms with van der Waals surface area (Å²) < 4.78 is 50.5. The van der Waals surface area contributed by atoms with Crippen LogP contribution in [0.25, 0.3) is 0 Å². The first-order valence-corrected chi connectivity index (χ1v) is 10.9. The molecule has 1 aromatic heterocycles. The molecule has 0 spiro atoms. The van der Waals surface area contributed by atoms with E-state index in [-0.39, 0.29) is 23.0 Å². The van der Waals surface area contributed by atoms with Crippen LogP contribution in [0.2, 0.25) is 0 Å². The van der Waals surface area contributed by atoms with E-state index < -0.39 is 35.0 Å².